The molecular formula is C23H16N6S. The average Bonchev–Trinajstić information content (AvgIpc) is 3.51. The Morgan fingerprint density at radius 3 is 2.73 bits per heavy atom. The lowest BCUT2D eigenvalue weighted by molar-refractivity contribution is 1.10. The van der Waals surface area contributed by atoms with Gasteiger partial charge in [0.25, 0.3) is 0 Å². The van der Waals surface area contributed by atoms with Crippen LogP contribution in [0.2, 0.25) is 0 Å². The van der Waals surface area contributed by atoms with Gasteiger partial charge in [-0.2, -0.15) is 5.10 Å². The molecule has 7 heteroatoms. The Labute approximate surface area is 175 Å². The molecule has 0 saturated heterocycles. The van der Waals surface area contributed by atoms with E-state index >= 15 is 0 Å². The molecule has 0 aliphatic heterocycles. The molecule has 0 fully saturated rings. The van der Waals surface area contributed by atoms with Crippen molar-refractivity contribution < 1.29 is 0 Å². The molecule has 6 aromatic rings. The lowest BCUT2D eigenvalue weighted by atomic mass is 10.1. The zero-order valence-electron chi connectivity index (χ0n) is 16.0. The van der Waals surface area contributed by atoms with E-state index in [0.717, 1.165) is 44.5 Å². The normalized spacial score (nSPS) is 11.5. The van der Waals surface area contributed by atoms with E-state index in [9.17, 15) is 0 Å². The number of nitrogens with zero attached hydrogens (tertiary/aromatic N) is 4. The highest BCUT2D eigenvalue weighted by Gasteiger charge is 2.15. The van der Waals surface area contributed by atoms with Gasteiger partial charge in [0.1, 0.15) is 0 Å². The van der Waals surface area contributed by atoms with Crippen LogP contribution in [0.1, 0.15) is 4.88 Å². The Balaban J connectivity index is 1.52. The second-order valence-electron chi connectivity index (χ2n) is 7.15. The zero-order valence-corrected chi connectivity index (χ0v) is 16.9. The summed E-state index contributed by atoms with van der Waals surface area (Å²) in [4.78, 5) is 19.4. The Morgan fingerprint density at radius 1 is 0.933 bits per heavy atom. The van der Waals surface area contributed by atoms with Gasteiger partial charge in [-0.15, -0.1) is 11.3 Å². The minimum Gasteiger partial charge on any atom is -0.352 e. The summed E-state index contributed by atoms with van der Waals surface area (Å²) in [5, 5.41) is 9.63. The van der Waals surface area contributed by atoms with Crippen molar-refractivity contribution in [3.8, 4) is 33.1 Å². The first kappa shape index (κ1) is 17.1. The molecule has 0 aliphatic rings. The molecule has 0 aliphatic carbocycles. The Kier molecular flexibility index (Phi) is 3.75. The molecule has 0 unspecified atom stereocenters. The lowest BCUT2D eigenvalue weighted by Crippen LogP contribution is -1.85. The van der Waals surface area contributed by atoms with E-state index in [1.54, 1.807) is 17.5 Å². The van der Waals surface area contributed by atoms with Crippen molar-refractivity contribution in [2.24, 2.45) is 0 Å². The third-order valence-corrected chi connectivity index (χ3v) is 6.23. The molecule has 0 radical (unpaired) electrons. The van der Waals surface area contributed by atoms with Crippen LogP contribution in [0.15, 0.2) is 67.3 Å². The van der Waals surface area contributed by atoms with Crippen LogP contribution >= 0.6 is 11.3 Å². The number of hydrogen-bond donors (Lipinski definition) is 2. The molecule has 6 nitrogen and oxygen atoms in total. The molecule has 0 amide bonds. The van der Waals surface area contributed by atoms with Crippen LogP contribution in [-0.4, -0.2) is 30.1 Å². The number of pyridine rings is 3. The predicted octanol–water partition coefficient (Wildman–Crippen LogP) is 5.60. The molecule has 144 valence electrons. The highest BCUT2D eigenvalue weighted by atomic mass is 32.1. The maximum atomic E-state index is 4.52. The number of thiophene rings is 1. The summed E-state index contributed by atoms with van der Waals surface area (Å²) in [6.45, 7) is 2.12. The van der Waals surface area contributed by atoms with E-state index in [2.05, 4.69) is 61.3 Å². The van der Waals surface area contributed by atoms with Gasteiger partial charge < -0.3 is 4.98 Å². The van der Waals surface area contributed by atoms with Gasteiger partial charge in [-0.05, 0) is 43.3 Å². The van der Waals surface area contributed by atoms with Crippen LogP contribution in [0.4, 0.5) is 0 Å². The van der Waals surface area contributed by atoms with Gasteiger partial charge >= 0.3 is 0 Å². The average molecular weight is 408 g/mol. The molecule has 2 N–H and O–H groups in total. The maximum Gasteiger partial charge on any atom is 0.181 e. The summed E-state index contributed by atoms with van der Waals surface area (Å²) in [5.41, 5.74) is 6.49. The first-order valence-corrected chi connectivity index (χ1v) is 10.4. The molecule has 0 atom stereocenters. The van der Waals surface area contributed by atoms with Crippen molar-refractivity contribution in [2.75, 3.05) is 0 Å². The summed E-state index contributed by atoms with van der Waals surface area (Å²) in [7, 11) is 0. The first-order valence-electron chi connectivity index (χ1n) is 9.56. The predicted molar refractivity (Wildman–Crippen MR) is 120 cm³/mol. The topological polar surface area (TPSA) is 83.1 Å². The van der Waals surface area contributed by atoms with Gasteiger partial charge in [0.05, 0.1) is 28.8 Å². The first-order chi connectivity index (χ1) is 14.8. The smallest absolute Gasteiger partial charge is 0.181 e. The molecule has 0 aromatic carbocycles. The van der Waals surface area contributed by atoms with Crippen LogP contribution in [0.5, 0.6) is 0 Å². The third kappa shape index (κ3) is 2.71. The second kappa shape index (κ2) is 6.60. The summed E-state index contributed by atoms with van der Waals surface area (Å²) < 4.78 is 0. The number of hydrogen-bond acceptors (Lipinski definition) is 5. The second-order valence-corrected chi connectivity index (χ2v) is 8.44. The summed E-state index contributed by atoms with van der Waals surface area (Å²) in [6.07, 6.45) is 7.38. The number of nitrogens with one attached hydrogen (secondary N) is 2. The Bertz CT molecular complexity index is 1510. The van der Waals surface area contributed by atoms with Gasteiger partial charge in [0.15, 0.2) is 5.65 Å². The molecule has 6 heterocycles. The summed E-state index contributed by atoms with van der Waals surface area (Å²) in [5.74, 6) is 0. The van der Waals surface area contributed by atoms with Crippen LogP contribution in [-0.2, 0) is 0 Å². The van der Waals surface area contributed by atoms with E-state index in [1.807, 2.05) is 36.8 Å². The SMILES string of the molecule is Cc1ccc(-c2cncc3[nH]c(-c4[nH]nc5ncc(-c6ccccn6)cc45)cc23)s1. The summed E-state index contributed by atoms with van der Waals surface area (Å²) in [6, 6.07) is 14.4. The monoisotopic (exact) mass is 408 g/mol. The van der Waals surface area contributed by atoms with Crippen molar-refractivity contribution in [1.29, 1.82) is 0 Å². The quantitative estimate of drug-likeness (QED) is 0.399. The van der Waals surface area contributed by atoms with Crippen LogP contribution in [0.25, 0.3) is 55.0 Å². The van der Waals surface area contributed by atoms with Crippen molar-refractivity contribution in [2.45, 2.75) is 6.92 Å². The van der Waals surface area contributed by atoms with Gasteiger partial charge in [0, 0.05) is 50.2 Å². The van der Waals surface area contributed by atoms with Crippen LogP contribution < -0.4 is 0 Å². The summed E-state index contributed by atoms with van der Waals surface area (Å²) >= 11 is 1.77. The highest BCUT2D eigenvalue weighted by molar-refractivity contribution is 7.15. The fourth-order valence-corrected chi connectivity index (χ4v) is 4.63. The van der Waals surface area contributed by atoms with Crippen molar-refractivity contribution in [1.82, 2.24) is 30.1 Å². The fraction of sp³-hybridized carbons (Fsp3) is 0.0435. The molecule has 0 saturated carbocycles. The van der Waals surface area contributed by atoms with Gasteiger partial charge in [-0.1, -0.05) is 6.07 Å². The molecule has 0 spiro atoms. The number of fused-ring (bicyclic) bond motifs is 2. The van der Waals surface area contributed by atoms with E-state index in [4.69, 9.17) is 0 Å². The van der Waals surface area contributed by atoms with Crippen LogP contribution in [0.3, 0.4) is 0 Å². The van der Waals surface area contributed by atoms with E-state index in [1.165, 1.54) is 9.75 Å². The molecule has 6 aromatic heterocycles. The van der Waals surface area contributed by atoms with E-state index in [0.29, 0.717) is 5.65 Å². The fourth-order valence-electron chi connectivity index (χ4n) is 3.74. The lowest BCUT2D eigenvalue weighted by Gasteiger charge is -2.00. The number of rotatable bonds is 3. The van der Waals surface area contributed by atoms with Gasteiger partial charge in [0.2, 0.25) is 0 Å². The minimum absolute atomic E-state index is 0.676. The van der Waals surface area contributed by atoms with Gasteiger partial charge in [-0.25, -0.2) is 4.98 Å². The van der Waals surface area contributed by atoms with Gasteiger partial charge in [-0.3, -0.25) is 15.1 Å². The maximum absolute atomic E-state index is 4.52. The Hall–Kier alpha value is -3.84. The number of aromatic nitrogens is 6. The van der Waals surface area contributed by atoms with Crippen molar-refractivity contribution in [3.63, 3.8) is 0 Å². The van der Waals surface area contributed by atoms with E-state index in [-0.39, 0.29) is 0 Å². The Morgan fingerprint density at radius 2 is 1.90 bits per heavy atom. The molecule has 30 heavy (non-hydrogen) atoms. The zero-order chi connectivity index (χ0) is 20.1. The highest BCUT2D eigenvalue weighted by Crippen LogP contribution is 2.36. The number of aromatic amines is 2. The standard InChI is InChI=1S/C23H16N6S/c1-13-5-6-21(30-13)17-11-24-12-20-15(17)9-19(27-20)22-16-8-14(10-26-23(16)29-28-22)18-4-2-3-7-25-18/h2-12,27H,1H3,(H,26,28,29). The van der Waals surface area contributed by atoms with Crippen LogP contribution in [0, 0.1) is 6.92 Å². The third-order valence-electron chi connectivity index (χ3n) is 5.19. The molecule has 0 bridgehead atoms. The van der Waals surface area contributed by atoms with E-state index < -0.39 is 0 Å². The largest absolute Gasteiger partial charge is 0.352 e. The molecular weight excluding hydrogens is 392 g/mol. The number of aryl methyl sites for hydroxylation is 1. The minimum atomic E-state index is 0.676. The number of H-pyrrole nitrogens is 2. The van der Waals surface area contributed by atoms with Crippen molar-refractivity contribution in [3.05, 3.63) is 72.1 Å². The van der Waals surface area contributed by atoms with Crippen molar-refractivity contribution >= 4 is 33.3 Å². The molecule has 6 rings (SSSR count).